The lowest BCUT2D eigenvalue weighted by atomic mass is 10.0. The lowest BCUT2D eigenvalue weighted by Gasteiger charge is -2.41. The van der Waals surface area contributed by atoms with Crippen molar-refractivity contribution in [3.63, 3.8) is 0 Å². The van der Waals surface area contributed by atoms with Crippen LogP contribution in [0.25, 0.3) is 0 Å². The van der Waals surface area contributed by atoms with Crippen LogP contribution in [0.1, 0.15) is 18.5 Å². The van der Waals surface area contributed by atoms with Gasteiger partial charge in [-0.3, -0.25) is 4.90 Å². The van der Waals surface area contributed by atoms with Gasteiger partial charge in [0.25, 0.3) is 0 Å². The molecule has 5 heteroatoms. The molecule has 1 heterocycles. The molecule has 0 spiro atoms. The summed E-state index contributed by atoms with van der Waals surface area (Å²) in [4.78, 5) is 4.69. The highest BCUT2D eigenvalue weighted by Crippen LogP contribution is 2.26. The van der Waals surface area contributed by atoms with Crippen LogP contribution in [0.4, 0.5) is 4.39 Å². The van der Waals surface area contributed by atoms with Crippen LogP contribution in [-0.2, 0) is 0 Å². The van der Waals surface area contributed by atoms with Gasteiger partial charge < -0.3 is 10.6 Å². The van der Waals surface area contributed by atoms with Crippen LogP contribution >= 0.6 is 11.6 Å². The third-order valence-corrected chi connectivity index (χ3v) is 4.27. The Hall–Kier alpha value is -0.680. The number of nitrogens with two attached hydrogens (primary N) is 1. The highest BCUT2D eigenvalue weighted by atomic mass is 35.5. The first kappa shape index (κ1) is 14.7. The smallest absolute Gasteiger partial charge is 0.141 e. The summed E-state index contributed by atoms with van der Waals surface area (Å²) in [7, 11) is 2.13. The molecule has 0 saturated carbocycles. The summed E-state index contributed by atoms with van der Waals surface area (Å²) in [6.45, 7) is 5.67. The zero-order chi connectivity index (χ0) is 14.0. The predicted octanol–water partition coefficient (Wildman–Crippen LogP) is 2.11. The van der Waals surface area contributed by atoms with Crippen LogP contribution in [0, 0.1) is 5.82 Å². The highest BCUT2D eigenvalue weighted by molar-refractivity contribution is 6.30. The van der Waals surface area contributed by atoms with Gasteiger partial charge in [0.1, 0.15) is 5.82 Å². The molecule has 0 amide bonds. The Kier molecular flexibility index (Phi) is 4.79. The summed E-state index contributed by atoms with van der Waals surface area (Å²) in [6, 6.07) is 5.49. The van der Waals surface area contributed by atoms with Gasteiger partial charge in [0.2, 0.25) is 0 Å². The Labute approximate surface area is 119 Å². The molecule has 1 aliphatic heterocycles. The summed E-state index contributed by atoms with van der Waals surface area (Å²) in [6.07, 6.45) is 0. The summed E-state index contributed by atoms with van der Waals surface area (Å²) in [5.41, 5.74) is 6.90. The Bertz CT molecular complexity index is 441. The number of nitrogens with zero attached hydrogens (tertiary/aromatic N) is 2. The number of benzene rings is 1. The number of likely N-dealkylation sites (N-methyl/N-ethyl adjacent to an activating group) is 1. The van der Waals surface area contributed by atoms with Gasteiger partial charge >= 0.3 is 0 Å². The average Bonchev–Trinajstić information content (AvgIpc) is 2.39. The fourth-order valence-electron chi connectivity index (χ4n) is 2.58. The molecule has 0 bridgehead atoms. The highest BCUT2D eigenvalue weighted by Gasteiger charge is 2.27. The van der Waals surface area contributed by atoms with Gasteiger partial charge in [-0.1, -0.05) is 17.7 Å². The monoisotopic (exact) mass is 285 g/mol. The first-order valence-electron chi connectivity index (χ1n) is 6.62. The van der Waals surface area contributed by atoms with Crippen LogP contribution < -0.4 is 5.73 Å². The molecule has 106 valence electrons. The van der Waals surface area contributed by atoms with Crippen molar-refractivity contribution >= 4 is 11.6 Å². The Morgan fingerprint density at radius 1 is 1.47 bits per heavy atom. The molecule has 1 aromatic rings. The maximum Gasteiger partial charge on any atom is 0.141 e. The molecule has 0 radical (unpaired) electrons. The number of hydrogen-bond acceptors (Lipinski definition) is 3. The predicted molar refractivity (Wildman–Crippen MR) is 76.9 cm³/mol. The Morgan fingerprint density at radius 2 is 2.21 bits per heavy atom. The Morgan fingerprint density at radius 3 is 2.79 bits per heavy atom. The van der Waals surface area contributed by atoms with Gasteiger partial charge in [-0.15, -0.1) is 0 Å². The van der Waals surface area contributed by atoms with Crippen molar-refractivity contribution in [1.82, 2.24) is 9.80 Å². The fourth-order valence-corrected chi connectivity index (χ4v) is 2.76. The quantitative estimate of drug-likeness (QED) is 0.923. The second kappa shape index (κ2) is 6.18. The van der Waals surface area contributed by atoms with Crippen molar-refractivity contribution in [3.8, 4) is 0 Å². The third-order valence-electron chi connectivity index (χ3n) is 3.98. The molecule has 2 rings (SSSR count). The molecule has 1 aliphatic rings. The molecule has 2 N–H and O–H groups in total. The number of piperazine rings is 1. The van der Waals surface area contributed by atoms with Gasteiger partial charge in [-0.2, -0.15) is 0 Å². The van der Waals surface area contributed by atoms with Crippen molar-refractivity contribution in [2.75, 3.05) is 33.2 Å². The van der Waals surface area contributed by atoms with Crippen LogP contribution in [-0.4, -0.2) is 49.1 Å². The summed E-state index contributed by atoms with van der Waals surface area (Å²) in [5, 5.41) is 0.165. The van der Waals surface area contributed by atoms with Gasteiger partial charge in [0.05, 0.1) is 5.02 Å². The topological polar surface area (TPSA) is 32.5 Å². The maximum atomic E-state index is 13.2. The minimum absolute atomic E-state index is 0.106. The molecular formula is C14H21ClFN3. The molecule has 2 unspecified atom stereocenters. The molecule has 0 aromatic heterocycles. The van der Waals surface area contributed by atoms with Crippen molar-refractivity contribution < 1.29 is 4.39 Å². The van der Waals surface area contributed by atoms with E-state index in [0.29, 0.717) is 12.6 Å². The van der Waals surface area contributed by atoms with Gasteiger partial charge in [0, 0.05) is 38.3 Å². The molecule has 19 heavy (non-hydrogen) atoms. The molecule has 3 nitrogen and oxygen atoms in total. The molecule has 1 aromatic carbocycles. The van der Waals surface area contributed by atoms with E-state index in [1.54, 1.807) is 12.1 Å². The van der Waals surface area contributed by atoms with E-state index in [1.807, 2.05) is 0 Å². The second-order valence-corrected chi connectivity index (χ2v) is 5.66. The lowest BCUT2D eigenvalue weighted by Crippen LogP contribution is -2.52. The fraction of sp³-hybridized carbons (Fsp3) is 0.571. The standard InChI is InChI=1S/C14H21ClFN3/c1-10-9-19(6-5-18(10)2)14(8-17)11-3-4-13(16)12(15)7-11/h3-4,7,10,14H,5-6,8-9,17H2,1-2H3. The molecular weight excluding hydrogens is 265 g/mol. The van der Waals surface area contributed by atoms with Crippen LogP contribution in [0.3, 0.4) is 0 Å². The maximum absolute atomic E-state index is 13.2. The number of rotatable bonds is 3. The van der Waals surface area contributed by atoms with E-state index in [9.17, 15) is 4.39 Å². The van der Waals surface area contributed by atoms with Crippen molar-refractivity contribution in [2.45, 2.75) is 19.0 Å². The van der Waals surface area contributed by atoms with Crippen LogP contribution in [0.15, 0.2) is 18.2 Å². The average molecular weight is 286 g/mol. The molecule has 0 aliphatic carbocycles. The van der Waals surface area contributed by atoms with Crippen LogP contribution in [0.5, 0.6) is 0 Å². The largest absolute Gasteiger partial charge is 0.329 e. The SMILES string of the molecule is CC1CN(C(CN)c2ccc(F)c(Cl)c2)CCN1C. The molecule has 2 atom stereocenters. The second-order valence-electron chi connectivity index (χ2n) is 5.25. The first-order chi connectivity index (χ1) is 9.02. The minimum atomic E-state index is -0.382. The number of halogens is 2. The van der Waals surface area contributed by atoms with Crippen molar-refractivity contribution in [2.24, 2.45) is 5.73 Å². The summed E-state index contributed by atoms with van der Waals surface area (Å²) < 4.78 is 13.2. The van der Waals surface area contributed by atoms with Crippen LogP contribution in [0.2, 0.25) is 5.02 Å². The van der Waals surface area contributed by atoms with Gasteiger partial charge in [-0.25, -0.2) is 4.39 Å². The van der Waals surface area contributed by atoms with E-state index < -0.39 is 0 Å². The minimum Gasteiger partial charge on any atom is -0.329 e. The van der Waals surface area contributed by atoms with E-state index in [4.69, 9.17) is 17.3 Å². The van der Waals surface area contributed by atoms with E-state index >= 15 is 0 Å². The molecule has 1 saturated heterocycles. The summed E-state index contributed by atoms with van der Waals surface area (Å²) >= 11 is 5.86. The molecule has 1 fully saturated rings. The van der Waals surface area contributed by atoms with E-state index in [1.165, 1.54) is 6.07 Å². The zero-order valence-electron chi connectivity index (χ0n) is 11.4. The van der Waals surface area contributed by atoms with Gasteiger partial charge in [0.15, 0.2) is 0 Å². The van der Waals surface area contributed by atoms with E-state index in [0.717, 1.165) is 25.2 Å². The zero-order valence-corrected chi connectivity index (χ0v) is 12.2. The van der Waals surface area contributed by atoms with Crippen molar-refractivity contribution in [3.05, 3.63) is 34.6 Å². The Balaban J connectivity index is 2.17. The normalized spacial score (nSPS) is 23.5. The van der Waals surface area contributed by atoms with Crippen molar-refractivity contribution in [1.29, 1.82) is 0 Å². The first-order valence-corrected chi connectivity index (χ1v) is 7.00. The van der Waals surface area contributed by atoms with E-state index in [2.05, 4.69) is 23.8 Å². The van der Waals surface area contributed by atoms with Gasteiger partial charge in [-0.05, 0) is 31.7 Å². The van der Waals surface area contributed by atoms with E-state index in [-0.39, 0.29) is 16.9 Å². The summed E-state index contributed by atoms with van der Waals surface area (Å²) in [5.74, 6) is -0.382. The lowest BCUT2D eigenvalue weighted by molar-refractivity contribution is 0.0741. The third kappa shape index (κ3) is 3.26. The number of hydrogen-bond donors (Lipinski definition) is 1.